The molecule has 2 unspecified atom stereocenters. The molecule has 0 amide bonds. The van der Waals surface area contributed by atoms with Gasteiger partial charge in [-0.3, -0.25) is 4.68 Å². The van der Waals surface area contributed by atoms with Gasteiger partial charge in [0.1, 0.15) is 0 Å². The Kier molecular flexibility index (Phi) is 7.08. The number of aromatic nitrogens is 2. The summed E-state index contributed by atoms with van der Waals surface area (Å²) < 4.78 is 1.86. The molecule has 0 saturated heterocycles. The zero-order valence-corrected chi connectivity index (χ0v) is 16.6. The number of benzene rings is 1. The Hall–Kier alpha value is -1.57. The van der Waals surface area contributed by atoms with Crippen molar-refractivity contribution in [3.05, 3.63) is 53.9 Å². The van der Waals surface area contributed by atoms with Crippen LogP contribution in [0.1, 0.15) is 30.5 Å². The van der Waals surface area contributed by atoms with E-state index >= 15 is 0 Å². The van der Waals surface area contributed by atoms with Gasteiger partial charge in [0, 0.05) is 26.3 Å². The Morgan fingerprint density at radius 1 is 1.25 bits per heavy atom. The first-order chi connectivity index (χ1) is 11.3. The molecule has 0 aliphatic heterocycles. The van der Waals surface area contributed by atoms with Gasteiger partial charge in [0.05, 0.1) is 12.2 Å². The Morgan fingerprint density at radius 3 is 2.71 bits per heavy atom. The maximum absolute atomic E-state index is 4.65. The molecule has 2 atom stereocenters. The molecule has 0 spiro atoms. The highest BCUT2D eigenvalue weighted by molar-refractivity contribution is 14.0. The van der Waals surface area contributed by atoms with Crippen molar-refractivity contribution in [3.63, 3.8) is 0 Å². The summed E-state index contributed by atoms with van der Waals surface area (Å²) in [4.78, 5) is 4.65. The van der Waals surface area contributed by atoms with Gasteiger partial charge in [-0.15, -0.1) is 24.0 Å². The van der Waals surface area contributed by atoms with Gasteiger partial charge in [-0.1, -0.05) is 30.3 Å². The van der Waals surface area contributed by atoms with Crippen LogP contribution in [0, 0.1) is 5.92 Å². The Labute approximate surface area is 161 Å². The van der Waals surface area contributed by atoms with Gasteiger partial charge < -0.3 is 10.6 Å². The number of nitrogens with one attached hydrogen (secondary N) is 2. The monoisotopic (exact) mass is 439 g/mol. The molecule has 0 bridgehead atoms. The summed E-state index contributed by atoms with van der Waals surface area (Å²) >= 11 is 0. The van der Waals surface area contributed by atoms with E-state index in [0.717, 1.165) is 24.7 Å². The van der Waals surface area contributed by atoms with E-state index in [2.05, 4.69) is 58.0 Å². The maximum atomic E-state index is 4.65. The van der Waals surface area contributed by atoms with E-state index in [9.17, 15) is 0 Å². The summed E-state index contributed by atoms with van der Waals surface area (Å²) in [6.07, 6.45) is 3.07. The Balaban J connectivity index is 0.00000208. The SMILES string of the molecule is CCNC(=NCc1ccnn1C)NCC1CC1c1ccccc1.I. The highest BCUT2D eigenvalue weighted by Crippen LogP contribution is 2.46. The van der Waals surface area contributed by atoms with E-state index < -0.39 is 0 Å². The molecular formula is C18H26IN5. The molecule has 3 rings (SSSR count). The van der Waals surface area contributed by atoms with E-state index in [4.69, 9.17) is 0 Å². The molecule has 5 nitrogen and oxygen atoms in total. The molecule has 2 aromatic rings. The minimum absolute atomic E-state index is 0. The number of aliphatic imine (C=N–C) groups is 1. The Morgan fingerprint density at radius 2 is 2.04 bits per heavy atom. The number of rotatable bonds is 6. The lowest BCUT2D eigenvalue weighted by molar-refractivity contribution is 0.697. The molecule has 130 valence electrons. The fourth-order valence-corrected chi connectivity index (χ4v) is 2.87. The van der Waals surface area contributed by atoms with Crippen molar-refractivity contribution in [3.8, 4) is 0 Å². The first kappa shape index (κ1) is 18.8. The van der Waals surface area contributed by atoms with Gasteiger partial charge in [-0.2, -0.15) is 5.10 Å². The highest BCUT2D eigenvalue weighted by atomic mass is 127. The first-order valence-corrected chi connectivity index (χ1v) is 8.32. The maximum Gasteiger partial charge on any atom is 0.191 e. The van der Waals surface area contributed by atoms with Crippen molar-refractivity contribution in [2.45, 2.75) is 25.8 Å². The summed E-state index contributed by atoms with van der Waals surface area (Å²) in [5.74, 6) is 2.29. The largest absolute Gasteiger partial charge is 0.357 e. The van der Waals surface area contributed by atoms with Crippen LogP contribution in [-0.2, 0) is 13.6 Å². The zero-order chi connectivity index (χ0) is 16.1. The summed E-state index contributed by atoms with van der Waals surface area (Å²) in [5.41, 5.74) is 2.56. The number of halogens is 1. The van der Waals surface area contributed by atoms with Crippen LogP contribution in [0.15, 0.2) is 47.6 Å². The molecule has 6 heteroatoms. The lowest BCUT2D eigenvalue weighted by Crippen LogP contribution is -2.38. The van der Waals surface area contributed by atoms with Crippen molar-refractivity contribution < 1.29 is 0 Å². The zero-order valence-electron chi connectivity index (χ0n) is 14.3. The number of nitrogens with zero attached hydrogens (tertiary/aromatic N) is 3. The predicted octanol–water partition coefficient (Wildman–Crippen LogP) is 2.90. The normalized spacial score (nSPS) is 19.5. The van der Waals surface area contributed by atoms with Crippen LogP contribution in [0.5, 0.6) is 0 Å². The predicted molar refractivity (Wildman–Crippen MR) is 109 cm³/mol. The fourth-order valence-electron chi connectivity index (χ4n) is 2.87. The van der Waals surface area contributed by atoms with E-state index in [1.807, 2.05) is 17.8 Å². The first-order valence-electron chi connectivity index (χ1n) is 8.32. The number of aryl methyl sites for hydroxylation is 1. The summed E-state index contributed by atoms with van der Waals surface area (Å²) in [6.45, 7) is 4.56. The van der Waals surface area contributed by atoms with Crippen LogP contribution >= 0.6 is 24.0 Å². The van der Waals surface area contributed by atoms with Crippen molar-refractivity contribution >= 4 is 29.9 Å². The van der Waals surface area contributed by atoms with Gasteiger partial charge >= 0.3 is 0 Å². The minimum atomic E-state index is 0. The summed E-state index contributed by atoms with van der Waals surface area (Å²) in [5, 5.41) is 11.0. The van der Waals surface area contributed by atoms with Crippen molar-refractivity contribution in [2.24, 2.45) is 18.0 Å². The second-order valence-electron chi connectivity index (χ2n) is 6.04. The second kappa shape index (κ2) is 9.05. The van der Waals surface area contributed by atoms with Crippen LogP contribution in [0.2, 0.25) is 0 Å². The Bertz CT molecular complexity index is 652. The number of hydrogen-bond acceptors (Lipinski definition) is 2. The fraction of sp³-hybridized carbons (Fsp3) is 0.444. The van der Waals surface area contributed by atoms with Gasteiger partial charge in [-0.05, 0) is 36.8 Å². The standard InChI is InChI=1S/C18H25N5.HI/c1-3-19-18(21-13-16-9-10-22-23(16)2)20-12-15-11-17(15)14-7-5-4-6-8-14;/h4-10,15,17H,3,11-13H2,1-2H3,(H2,19,20,21);1H. The third-order valence-electron chi connectivity index (χ3n) is 4.35. The van der Waals surface area contributed by atoms with Crippen LogP contribution in [0.25, 0.3) is 0 Å². The van der Waals surface area contributed by atoms with E-state index in [0.29, 0.717) is 18.4 Å². The lowest BCUT2D eigenvalue weighted by Gasteiger charge is -2.11. The van der Waals surface area contributed by atoms with Crippen LogP contribution in [0.4, 0.5) is 0 Å². The molecule has 1 heterocycles. The quantitative estimate of drug-likeness (QED) is 0.414. The van der Waals surface area contributed by atoms with E-state index in [1.54, 1.807) is 6.20 Å². The average Bonchev–Trinajstić information content (AvgIpc) is 3.25. The van der Waals surface area contributed by atoms with Crippen LogP contribution in [0.3, 0.4) is 0 Å². The molecule has 1 aromatic heterocycles. The second-order valence-corrected chi connectivity index (χ2v) is 6.04. The van der Waals surface area contributed by atoms with Gasteiger partial charge in [0.25, 0.3) is 0 Å². The molecule has 1 aliphatic carbocycles. The van der Waals surface area contributed by atoms with Gasteiger partial charge in [0.2, 0.25) is 0 Å². The van der Waals surface area contributed by atoms with E-state index in [-0.39, 0.29) is 24.0 Å². The summed E-state index contributed by atoms with van der Waals surface area (Å²) in [7, 11) is 1.94. The van der Waals surface area contributed by atoms with Crippen LogP contribution in [-0.4, -0.2) is 28.8 Å². The summed E-state index contributed by atoms with van der Waals surface area (Å²) in [6, 6.07) is 12.8. The molecule has 0 radical (unpaired) electrons. The average molecular weight is 439 g/mol. The highest BCUT2D eigenvalue weighted by Gasteiger charge is 2.37. The van der Waals surface area contributed by atoms with Crippen molar-refractivity contribution in [1.82, 2.24) is 20.4 Å². The number of hydrogen-bond donors (Lipinski definition) is 2. The molecule has 1 fully saturated rings. The minimum Gasteiger partial charge on any atom is -0.357 e. The molecule has 24 heavy (non-hydrogen) atoms. The molecule has 1 aromatic carbocycles. The van der Waals surface area contributed by atoms with Crippen molar-refractivity contribution in [1.29, 1.82) is 0 Å². The lowest BCUT2D eigenvalue weighted by atomic mass is 10.1. The number of guanidine groups is 1. The molecule has 1 aliphatic rings. The smallest absolute Gasteiger partial charge is 0.191 e. The van der Waals surface area contributed by atoms with Crippen molar-refractivity contribution in [2.75, 3.05) is 13.1 Å². The third-order valence-corrected chi connectivity index (χ3v) is 4.35. The van der Waals surface area contributed by atoms with Gasteiger partial charge in [-0.25, -0.2) is 4.99 Å². The molecule has 1 saturated carbocycles. The van der Waals surface area contributed by atoms with Crippen LogP contribution < -0.4 is 10.6 Å². The van der Waals surface area contributed by atoms with Gasteiger partial charge in [0.15, 0.2) is 5.96 Å². The topological polar surface area (TPSA) is 54.2 Å². The molecule has 2 N–H and O–H groups in total. The molecular weight excluding hydrogens is 413 g/mol. The third kappa shape index (κ3) is 4.96. The van der Waals surface area contributed by atoms with E-state index in [1.165, 1.54) is 12.0 Å².